The summed E-state index contributed by atoms with van der Waals surface area (Å²) in [6, 6.07) is 3.92. The maximum absolute atomic E-state index is 13.5. The molecule has 0 saturated carbocycles. The van der Waals surface area contributed by atoms with Crippen LogP contribution in [0, 0.1) is 15.9 Å². The van der Waals surface area contributed by atoms with E-state index in [2.05, 4.69) is 25.9 Å². The number of halogens is 3. The minimum Gasteiger partial charge on any atom is -0.430 e. The lowest BCUT2D eigenvalue weighted by Crippen LogP contribution is -1.99. The Hall–Kier alpha value is -1.80. The Morgan fingerprint density at radius 3 is 2.89 bits per heavy atom. The molecule has 2 aromatic rings. The lowest BCUT2D eigenvalue weighted by molar-refractivity contribution is -0.386. The van der Waals surface area contributed by atoms with Crippen LogP contribution in [0.3, 0.4) is 0 Å². The summed E-state index contributed by atoms with van der Waals surface area (Å²) in [5.41, 5.74) is -0.510. The van der Waals surface area contributed by atoms with E-state index in [0.717, 1.165) is 12.3 Å². The monoisotopic (exact) mass is 347 g/mol. The van der Waals surface area contributed by atoms with Gasteiger partial charge in [0.25, 0.3) is 0 Å². The van der Waals surface area contributed by atoms with Gasteiger partial charge in [-0.05, 0) is 29.8 Å². The Morgan fingerprint density at radius 1 is 1.47 bits per heavy atom. The third-order valence-electron chi connectivity index (χ3n) is 2.00. The summed E-state index contributed by atoms with van der Waals surface area (Å²) in [5, 5.41) is 10.5. The molecule has 0 atom stereocenters. The number of hydrogen-bond donors (Lipinski definition) is 0. The first-order valence-electron chi connectivity index (χ1n) is 4.77. The highest BCUT2D eigenvalue weighted by Crippen LogP contribution is 2.32. The van der Waals surface area contributed by atoms with Crippen molar-refractivity contribution in [3.63, 3.8) is 0 Å². The van der Waals surface area contributed by atoms with Crippen LogP contribution in [0.5, 0.6) is 11.6 Å². The molecule has 6 nitrogen and oxygen atoms in total. The van der Waals surface area contributed by atoms with Gasteiger partial charge in [0.15, 0.2) is 11.6 Å². The molecule has 0 radical (unpaired) electrons. The van der Waals surface area contributed by atoms with Crippen molar-refractivity contribution in [1.82, 2.24) is 9.97 Å². The van der Waals surface area contributed by atoms with Gasteiger partial charge in [-0.2, -0.15) is 4.98 Å². The fourth-order valence-corrected chi connectivity index (χ4v) is 1.67. The SMILES string of the molecule is O=[N+]([O-])c1cnc(Cl)nc1Oc1cc(Br)ccc1F. The molecule has 0 amide bonds. The van der Waals surface area contributed by atoms with Crippen molar-refractivity contribution in [3.8, 4) is 11.6 Å². The van der Waals surface area contributed by atoms with Crippen molar-refractivity contribution >= 4 is 33.2 Å². The van der Waals surface area contributed by atoms with E-state index in [1.54, 1.807) is 0 Å². The van der Waals surface area contributed by atoms with Gasteiger partial charge < -0.3 is 4.74 Å². The lowest BCUT2D eigenvalue weighted by atomic mass is 10.3. The Kier molecular flexibility index (Phi) is 3.91. The predicted molar refractivity (Wildman–Crippen MR) is 67.9 cm³/mol. The molecule has 1 heterocycles. The Morgan fingerprint density at radius 2 is 2.21 bits per heavy atom. The second kappa shape index (κ2) is 5.45. The number of ether oxygens (including phenoxy) is 1. The molecular formula is C10H4BrClFN3O3. The number of hydrogen-bond acceptors (Lipinski definition) is 5. The molecule has 0 spiro atoms. The van der Waals surface area contributed by atoms with Crippen LogP contribution in [0.4, 0.5) is 10.1 Å². The number of nitro groups is 1. The molecule has 1 aromatic carbocycles. The maximum atomic E-state index is 13.5. The highest BCUT2D eigenvalue weighted by molar-refractivity contribution is 9.10. The third kappa shape index (κ3) is 3.15. The molecule has 9 heteroatoms. The zero-order chi connectivity index (χ0) is 14.0. The number of benzene rings is 1. The van der Waals surface area contributed by atoms with Crippen LogP contribution in [0.1, 0.15) is 0 Å². The van der Waals surface area contributed by atoms with E-state index in [4.69, 9.17) is 16.3 Å². The van der Waals surface area contributed by atoms with Gasteiger partial charge in [-0.1, -0.05) is 15.9 Å². The summed E-state index contributed by atoms with van der Waals surface area (Å²) in [6.45, 7) is 0. The van der Waals surface area contributed by atoms with E-state index in [1.807, 2.05) is 0 Å². The molecule has 0 fully saturated rings. The summed E-state index contributed by atoms with van der Waals surface area (Å²) in [6.07, 6.45) is 0.889. The van der Waals surface area contributed by atoms with Gasteiger partial charge in [-0.3, -0.25) is 10.1 Å². The summed E-state index contributed by atoms with van der Waals surface area (Å²) in [7, 11) is 0. The van der Waals surface area contributed by atoms with Crippen LogP contribution in [-0.2, 0) is 0 Å². The van der Waals surface area contributed by atoms with Crippen LogP contribution >= 0.6 is 27.5 Å². The van der Waals surface area contributed by atoms with E-state index in [0.29, 0.717) is 4.47 Å². The van der Waals surface area contributed by atoms with Crippen LogP contribution in [0.25, 0.3) is 0 Å². The van der Waals surface area contributed by atoms with E-state index in [1.165, 1.54) is 12.1 Å². The molecule has 0 N–H and O–H groups in total. The van der Waals surface area contributed by atoms with Crippen molar-refractivity contribution in [2.45, 2.75) is 0 Å². The van der Waals surface area contributed by atoms with Gasteiger partial charge in [0.05, 0.1) is 4.92 Å². The van der Waals surface area contributed by atoms with Crippen molar-refractivity contribution < 1.29 is 14.1 Å². The van der Waals surface area contributed by atoms with Gasteiger partial charge in [-0.15, -0.1) is 0 Å². The molecule has 0 bridgehead atoms. The first-order valence-corrected chi connectivity index (χ1v) is 5.94. The Balaban J connectivity index is 2.45. The standard InChI is InChI=1S/C10H4BrClFN3O3/c11-5-1-2-6(13)8(3-5)19-9-7(16(17)18)4-14-10(12)15-9/h1-4H. The fourth-order valence-electron chi connectivity index (χ4n) is 1.20. The smallest absolute Gasteiger partial charge is 0.349 e. The van der Waals surface area contributed by atoms with Gasteiger partial charge in [0, 0.05) is 4.47 Å². The summed E-state index contributed by atoms with van der Waals surface area (Å²) in [4.78, 5) is 17.1. The second-order valence-electron chi connectivity index (χ2n) is 3.26. The average Bonchev–Trinajstić information content (AvgIpc) is 2.33. The molecule has 0 unspecified atom stereocenters. The van der Waals surface area contributed by atoms with E-state index in [-0.39, 0.29) is 11.0 Å². The highest BCUT2D eigenvalue weighted by Gasteiger charge is 2.20. The summed E-state index contributed by atoms with van der Waals surface area (Å²) < 4.78 is 19.1. The zero-order valence-corrected chi connectivity index (χ0v) is 11.4. The molecule has 98 valence electrons. The normalized spacial score (nSPS) is 10.3. The van der Waals surface area contributed by atoms with E-state index in [9.17, 15) is 14.5 Å². The van der Waals surface area contributed by atoms with Crippen LogP contribution in [0.15, 0.2) is 28.9 Å². The Bertz CT molecular complexity index is 656. The van der Waals surface area contributed by atoms with Gasteiger partial charge in [0.2, 0.25) is 5.28 Å². The molecule has 2 rings (SSSR count). The first-order chi connectivity index (χ1) is 8.97. The molecule has 0 aliphatic heterocycles. The van der Waals surface area contributed by atoms with Crippen molar-refractivity contribution in [1.29, 1.82) is 0 Å². The van der Waals surface area contributed by atoms with Crippen LogP contribution < -0.4 is 4.74 Å². The van der Waals surface area contributed by atoms with Crippen LogP contribution in [0.2, 0.25) is 5.28 Å². The van der Waals surface area contributed by atoms with Gasteiger partial charge in [0.1, 0.15) is 6.20 Å². The van der Waals surface area contributed by atoms with E-state index < -0.39 is 22.3 Å². The molecule has 0 saturated heterocycles. The minimum atomic E-state index is -0.748. The lowest BCUT2D eigenvalue weighted by Gasteiger charge is -2.06. The average molecular weight is 349 g/mol. The van der Waals surface area contributed by atoms with Crippen molar-refractivity contribution in [2.24, 2.45) is 0 Å². The number of rotatable bonds is 3. The summed E-state index contributed by atoms with van der Waals surface area (Å²) >= 11 is 8.66. The van der Waals surface area contributed by atoms with Gasteiger partial charge >= 0.3 is 11.6 Å². The topological polar surface area (TPSA) is 78.2 Å². The third-order valence-corrected chi connectivity index (χ3v) is 2.68. The molecule has 19 heavy (non-hydrogen) atoms. The first kappa shape index (κ1) is 13.6. The van der Waals surface area contributed by atoms with Crippen molar-refractivity contribution in [3.05, 3.63) is 50.1 Å². The number of nitrogens with zero attached hydrogens (tertiary/aromatic N) is 3. The highest BCUT2D eigenvalue weighted by atomic mass is 79.9. The number of aromatic nitrogens is 2. The quantitative estimate of drug-likeness (QED) is 0.480. The largest absolute Gasteiger partial charge is 0.430 e. The molecular weight excluding hydrogens is 344 g/mol. The minimum absolute atomic E-state index is 0.216. The molecule has 1 aromatic heterocycles. The zero-order valence-electron chi connectivity index (χ0n) is 9.01. The van der Waals surface area contributed by atoms with Gasteiger partial charge in [-0.25, -0.2) is 9.37 Å². The van der Waals surface area contributed by atoms with Crippen LogP contribution in [-0.4, -0.2) is 14.9 Å². The Labute approximate surface area is 119 Å². The summed E-state index contributed by atoms with van der Waals surface area (Å²) in [5.74, 6) is -1.33. The van der Waals surface area contributed by atoms with Crippen molar-refractivity contribution in [2.75, 3.05) is 0 Å². The second-order valence-corrected chi connectivity index (χ2v) is 4.52. The fraction of sp³-hybridized carbons (Fsp3) is 0. The maximum Gasteiger partial charge on any atom is 0.349 e. The van der Waals surface area contributed by atoms with E-state index >= 15 is 0 Å². The molecule has 0 aliphatic rings. The molecule has 0 aliphatic carbocycles. The predicted octanol–water partition coefficient (Wildman–Crippen LogP) is 3.73.